The first-order valence-electron chi connectivity index (χ1n) is 11.3. The number of halogens is 2. The fraction of sp³-hybridized carbons (Fsp3) is 0.200. The molecule has 5 rings (SSSR count). The van der Waals surface area contributed by atoms with E-state index in [-0.39, 0.29) is 39.0 Å². The number of carbonyl (C=O) groups is 1. The summed E-state index contributed by atoms with van der Waals surface area (Å²) in [6.45, 7) is 2.92. The zero-order chi connectivity index (χ0) is 26.3. The maximum absolute atomic E-state index is 15.6. The lowest BCUT2D eigenvalue weighted by Gasteiger charge is -2.22. The van der Waals surface area contributed by atoms with Gasteiger partial charge in [-0.1, -0.05) is 11.6 Å². The molecule has 10 nitrogen and oxygen atoms in total. The first kappa shape index (κ1) is 24.3. The summed E-state index contributed by atoms with van der Waals surface area (Å²) in [4.78, 5) is 25.1. The number of ether oxygens (including phenoxy) is 2. The number of amides is 1. The molecule has 0 radical (unpaired) electrons. The van der Waals surface area contributed by atoms with E-state index in [1.807, 2.05) is 6.92 Å². The molecule has 1 amide bonds. The normalized spacial score (nSPS) is 12.4. The number of benzene rings is 2. The highest BCUT2D eigenvalue weighted by molar-refractivity contribution is 6.38. The monoisotopic (exact) mass is 523 g/mol. The number of fused-ring (bicyclic) bond motifs is 2. The second kappa shape index (κ2) is 9.58. The minimum atomic E-state index is -0.685. The number of aromatic nitrogens is 3. The highest BCUT2D eigenvalue weighted by Gasteiger charge is 2.25. The number of nitrogens with two attached hydrogens (primary N) is 1. The van der Waals surface area contributed by atoms with Crippen molar-refractivity contribution >= 4 is 51.4 Å². The van der Waals surface area contributed by atoms with Gasteiger partial charge in [0, 0.05) is 48.1 Å². The number of anilines is 4. The molecule has 0 aliphatic carbocycles. The highest BCUT2D eigenvalue weighted by Crippen LogP contribution is 2.44. The van der Waals surface area contributed by atoms with Gasteiger partial charge in [0.1, 0.15) is 18.0 Å². The van der Waals surface area contributed by atoms with Crippen LogP contribution in [0.2, 0.25) is 5.02 Å². The van der Waals surface area contributed by atoms with Crippen molar-refractivity contribution in [2.45, 2.75) is 6.92 Å². The van der Waals surface area contributed by atoms with E-state index in [0.29, 0.717) is 47.3 Å². The van der Waals surface area contributed by atoms with Gasteiger partial charge in [0.15, 0.2) is 5.82 Å². The lowest BCUT2D eigenvalue weighted by molar-refractivity contribution is 0.0963. The molecule has 0 fully saturated rings. The molecule has 0 bridgehead atoms. The van der Waals surface area contributed by atoms with Gasteiger partial charge >= 0.3 is 0 Å². The molecule has 12 heteroatoms. The topological polar surface area (TPSA) is 136 Å². The van der Waals surface area contributed by atoms with Crippen LogP contribution in [0.1, 0.15) is 15.9 Å². The van der Waals surface area contributed by atoms with Crippen molar-refractivity contribution in [3.8, 4) is 22.8 Å². The van der Waals surface area contributed by atoms with Crippen molar-refractivity contribution in [2.75, 3.05) is 43.7 Å². The molecule has 2 aromatic heterocycles. The Morgan fingerprint density at radius 3 is 2.86 bits per heavy atom. The molecule has 0 atom stereocenters. The molecular formula is C25H23ClFN7O3. The summed E-state index contributed by atoms with van der Waals surface area (Å²) in [6, 6.07) is 4.89. The van der Waals surface area contributed by atoms with Crippen molar-refractivity contribution in [1.29, 1.82) is 0 Å². The van der Waals surface area contributed by atoms with E-state index in [2.05, 4.69) is 30.9 Å². The zero-order valence-electron chi connectivity index (χ0n) is 20.2. The Morgan fingerprint density at radius 1 is 1.30 bits per heavy atom. The second-order valence-electron chi connectivity index (χ2n) is 8.24. The van der Waals surface area contributed by atoms with Crippen LogP contribution in [0.25, 0.3) is 22.0 Å². The number of methoxy groups -OCH3 is 1. The average molecular weight is 524 g/mol. The van der Waals surface area contributed by atoms with E-state index in [1.165, 1.54) is 19.5 Å². The minimum absolute atomic E-state index is 0.0654. The van der Waals surface area contributed by atoms with Crippen LogP contribution in [0.5, 0.6) is 11.6 Å². The van der Waals surface area contributed by atoms with Gasteiger partial charge in [0.25, 0.3) is 5.91 Å². The standard InChI is InChI=1S/C25H23ClFN7O3/c1-11-13(9-31-24-21(11)30-6-7-37-24)17-18(26)22-14(20(28)19(17)27)10-32-25(34-22)33-15-5-4-12(23(35)29-2)8-16(15)36-3/h4-5,8-10,30H,6-7,28H2,1-3H3,(H,29,35)(H,32,33,34). The fourth-order valence-electron chi connectivity index (χ4n) is 4.18. The van der Waals surface area contributed by atoms with E-state index >= 15 is 4.39 Å². The summed E-state index contributed by atoms with van der Waals surface area (Å²) in [5.41, 5.74) is 9.19. The van der Waals surface area contributed by atoms with E-state index in [9.17, 15) is 4.79 Å². The Morgan fingerprint density at radius 2 is 2.11 bits per heavy atom. The molecule has 0 unspecified atom stereocenters. The third-order valence-electron chi connectivity index (χ3n) is 6.12. The van der Waals surface area contributed by atoms with E-state index in [0.717, 1.165) is 5.56 Å². The summed E-state index contributed by atoms with van der Waals surface area (Å²) >= 11 is 6.75. The van der Waals surface area contributed by atoms with Gasteiger partial charge in [-0.25, -0.2) is 19.3 Å². The van der Waals surface area contributed by atoms with Crippen LogP contribution in [0.4, 0.5) is 27.4 Å². The van der Waals surface area contributed by atoms with Gasteiger partial charge in [-0.3, -0.25) is 4.79 Å². The lowest BCUT2D eigenvalue weighted by Crippen LogP contribution is -2.20. The molecular weight excluding hydrogens is 501 g/mol. The molecule has 0 spiro atoms. The number of nitrogens with zero attached hydrogens (tertiary/aromatic N) is 3. The van der Waals surface area contributed by atoms with E-state index < -0.39 is 5.82 Å². The molecule has 190 valence electrons. The Kier molecular flexibility index (Phi) is 6.30. The van der Waals surface area contributed by atoms with Crippen LogP contribution in [-0.4, -0.2) is 48.2 Å². The number of nitrogens with one attached hydrogen (secondary N) is 3. The smallest absolute Gasteiger partial charge is 0.251 e. The SMILES string of the molecule is CNC(=O)c1ccc(Nc2ncc3c(N)c(F)c(-c4cnc5c(c4C)NCCO5)c(Cl)c3n2)c(OC)c1. The molecule has 5 N–H and O–H groups in total. The molecule has 1 aliphatic rings. The number of pyridine rings is 1. The summed E-state index contributed by atoms with van der Waals surface area (Å²) < 4.78 is 26.6. The first-order valence-corrected chi connectivity index (χ1v) is 11.7. The fourth-order valence-corrected chi connectivity index (χ4v) is 4.51. The third-order valence-corrected chi connectivity index (χ3v) is 6.48. The Bertz CT molecular complexity index is 1560. The van der Waals surface area contributed by atoms with Crippen molar-refractivity contribution in [1.82, 2.24) is 20.3 Å². The van der Waals surface area contributed by atoms with Crippen LogP contribution in [0.15, 0.2) is 30.6 Å². The highest BCUT2D eigenvalue weighted by atomic mass is 35.5. The minimum Gasteiger partial charge on any atom is -0.495 e. The van der Waals surface area contributed by atoms with Gasteiger partial charge in [0.05, 0.1) is 29.0 Å². The van der Waals surface area contributed by atoms with Crippen molar-refractivity contribution in [2.24, 2.45) is 0 Å². The molecule has 0 saturated carbocycles. The van der Waals surface area contributed by atoms with E-state index in [4.69, 9.17) is 26.8 Å². The van der Waals surface area contributed by atoms with Gasteiger partial charge in [-0.15, -0.1) is 0 Å². The van der Waals surface area contributed by atoms with Gasteiger partial charge < -0.3 is 31.2 Å². The molecule has 2 aromatic carbocycles. The Balaban J connectivity index is 1.61. The molecule has 0 saturated heterocycles. The number of hydrogen-bond acceptors (Lipinski definition) is 9. The Labute approximate surface area is 216 Å². The molecule has 37 heavy (non-hydrogen) atoms. The lowest BCUT2D eigenvalue weighted by atomic mass is 9.98. The third kappa shape index (κ3) is 4.16. The van der Waals surface area contributed by atoms with Gasteiger partial charge in [0.2, 0.25) is 11.8 Å². The van der Waals surface area contributed by atoms with Gasteiger partial charge in [-0.05, 0) is 30.7 Å². The molecule has 1 aliphatic heterocycles. The predicted octanol–water partition coefficient (Wildman–Crippen LogP) is 4.29. The van der Waals surface area contributed by atoms with Crippen molar-refractivity contribution in [3.05, 3.63) is 52.6 Å². The number of hydrogen-bond donors (Lipinski definition) is 4. The van der Waals surface area contributed by atoms with Crippen molar-refractivity contribution < 1.29 is 18.7 Å². The summed E-state index contributed by atoms with van der Waals surface area (Å²) in [7, 11) is 3.03. The second-order valence-corrected chi connectivity index (χ2v) is 8.62. The van der Waals surface area contributed by atoms with Crippen LogP contribution in [0.3, 0.4) is 0 Å². The molecule has 3 heterocycles. The van der Waals surface area contributed by atoms with Crippen LogP contribution >= 0.6 is 11.6 Å². The largest absolute Gasteiger partial charge is 0.495 e. The number of carbonyl (C=O) groups excluding carboxylic acids is 1. The first-order chi connectivity index (χ1) is 17.8. The Hall–Kier alpha value is -4.38. The summed E-state index contributed by atoms with van der Waals surface area (Å²) in [5.74, 6) is 0.0866. The summed E-state index contributed by atoms with van der Waals surface area (Å²) in [6.07, 6.45) is 2.91. The van der Waals surface area contributed by atoms with Crippen molar-refractivity contribution in [3.63, 3.8) is 0 Å². The maximum atomic E-state index is 15.6. The molecule has 4 aromatic rings. The maximum Gasteiger partial charge on any atom is 0.251 e. The van der Waals surface area contributed by atoms with Crippen LogP contribution < -0.4 is 31.2 Å². The summed E-state index contributed by atoms with van der Waals surface area (Å²) in [5, 5.41) is 9.20. The van der Waals surface area contributed by atoms with Gasteiger partial charge in [-0.2, -0.15) is 0 Å². The van der Waals surface area contributed by atoms with E-state index in [1.54, 1.807) is 25.2 Å². The predicted molar refractivity (Wildman–Crippen MR) is 141 cm³/mol. The zero-order valence-corrected chi connectivity index (χ0v) is 21.0. The average Bonchev–Trinajstić information content (AvgIpc) is 2.93. The quantitative estimate of drug-likeness (QED) is 0.282. The van der Waals surface area contributed by atoms with Crippen LogP contribution in [0, 0.1) is 12.7 Å². The number of nitrogen functional groups attached to an aromatic ring is 1. The number of rotatable bonds is 5. The van der Waals surface area contributed by atoms with Crippen LogP contribution in [-0.2, 0) is 0 Å².